The third kappa shape index (κ3) is 3.96. The van der Waals surface area contributed by atoms with Crippen molar-refractivity contribution in [2.24, 2.45) is 0 Å². The van der Waals surface area contributed by atoms with Crippen molar-refractivity contribution in [2.75, 3.05) is 13.2 Å². The Morgan fingerprint density at radius 3 is 2.76 bits per heavy atom. The maximum atomic E-state index is 12.5. The van der Waals surface area contributed by atoms with Crippen LogP contribution in [0, 0.1) is 0 Å². The smallest absolute Gasteiger partial charge is 0.249 e. The molecule has 2 aliphatic rings. The molecule has 2 atom stereocenters. The number of carbonyl (C=O) groups is 1. The summed E-state index contributed by atoms with van der Waals surface area (Å²) in [6, 6.07) is 0.473. The zero-order chi connectivity index (χ0) is 18.0. The molecule has 9 nitrogen and oxygen atoms in total. The first-order chi connectivity index (χ1) is 11.9. The molecular formula is C15H25N5O4S. The summed E-state index contributed by atoms with van der Waals surface area (Å²) in [6.07, 6.45) is 5.20. The molecule has 1 saturated heterocycles. The van der Waals surface area contributed by atoms with Gasteiger partial charge in [0.05, 0.1) is 19.3 Å². The third-order valence-electron chi connectivity index (χ3n) is 4.67. The SMILES string of the molecule is CC1CCCC(C)N1NC(=O)CNS(=O)(=O)c1cnn2c1OCCC2. The van der Waals surface area contributed by atoms with E-state index < -0.39 is 10.0 Å². The lowest BCUT2D eigenvalue weighted by atomic mass is 10.00. The molecule has 25 heavy (non-hydrogen) atoms. The maximum absolute atomic E-state index is 12.5. The molecule has 1 aromatic rings. The predicted molar refractivity (Wildman–Crippen MR) is 90.3 cm³/mol. The number of nitrogens with one attached hydrogen (secondary N) is 2. The predicted octanol–water partition coefficient (Wildman–Crippen LogP) is 0.238. The number of hydrogen-bond acceptors (Lipinski definition) is 6. The number of aromatic nitrogens is 2. The van der Waals surface area contributed by atoms with Gasteiger partial charge < -0.3 is 4.74 Å². The van der Waals surface area contributed by atoms with Gasteiger partial charge in [0.15, 0.2) is 4.90 Å². The van der Waals surface area contributed by atoms with Crippen LogP contribution in [-0.2, 0) is 21.4 Å². The van der Waals surface area contributed by atoms with Gasteiger partial charge in [0.1, 0.15) is 0 Å². The van der Waals surface area contributed by atoms with E-state index in [0.29, 0.717) is 13.2 Å². The molecule has 2 unspecified atom stereocenters. The lowest BCUT2D eigenvalue weighted by Crippen LogP contribution is -2.55. The van der Waals surface area contributed by atoms with Crippen molar-refractivity contribution >= 4 is 15.9 Å². The fraction of sp³-hybridized carbons (Fsp3) is 0.733. The van der Waals surface area contributed by atoms with E-state index in [2.05, 4.69) is 29.1 Å². The summed E-state index contributed by atoms with van der Waals surface area (Å²) in [5.74, 6) is -0.149. The number of nitrogens with zero attached hydrogens (tertiary/aromatic N) is 3. The van der Waals surface area contributed by atoms with Gasteiger partial charge in [-0.2, -0.15) is 5.10 Å². The first kappa shape index (κ1) is 18.2. The van der Waals surface area contributed by atoms with E-state index in [9.17, 15) is 13.2 Å². The Morgan fingerprint density at radius 2 is 2.04 bits per heavy atom. The van der Waals surface area contributed by atoms with Crippen molar-refractivity contribution in [1.82, 2.24) is 24.9 Å². The van der Waals surface area contributed by atoms with E-state index >= 15 is 0 Å². The fourth-order valence-corrected chi connectivity index (χ4v) is 4.35. The lowest BCUT2D eigenvalue weighted by Gasteiger charge is -2.38. The van der Waals surface area contributed by atoms with E-state index in [1.165, 1.54) is 10.9 Å². The molecule has 2 aliphatic heterocycles. The minimum absolute atomic E-state index is 0.0280. The van der Waals surface area contributed by atoms with E-state index in [0.717, 1.165) is 25.7 Å². The van der Waals surface area contributed by atoms with Crippen LogP contribution < -0.4 is 14.9 Å². The zero-order valence-corrected chi connectivity index (χ0v) is 15.4. The highest BCUT2D eigenvalue weighted by molar-refractivity contribution is 7.89. The second-order valence-corrected chi connectivity index (χ2v) is 8.37. The Kier molecular flexibility index (Phi) is 5.30. The molecule has 0 saturated carbocycles. The van der Waals surface area contributed by atoms with Crippen LogP contribution in [0.25, 0.3) is 0 Å². The van der Waals surface area contributed by atoms with Crippen molar-refractivity contribution < 1.29 is 17.9 Å². The van der Waals surface area contributed by atoms with E-state index in [4.69, 9.17) is 4.74 Å². The van der Waals surface area contributed by atoms with Gasteiger partial charge in [-0.25, -0.2) is 22.8 Å². The average Bonchev–Trinajstić information content (AvgIpc) is 3.01. The zero-order valence-electron chi connectivity index (χ0n) is 14.6. The fourth-order valence-electron chi connectivity index (χ4n) is 3.29. The summed E-state index contributed by atoms with van der Waals surface area (Å²) in [7, 11) is -3.86. The quantitative estimate of drug-likeness (QED) is 0.768. The van der Waals surface area contributed by atoms with Gasteiger partial charge in [-0.1, -0.05) is 6.42 Å². The molecule has 3 heterocycles. The third-order valence-corrected chi connectivity index (χ3v) is 6.06. The van der Waals surface area contributed by atoms with Crippen LogP contribution in [0.5, 0.6) is 5.88 Å². The molecule has 1 amide bonds. The maximum Gasteiger partial charge on any atom is 0.249 e. The molecular weight excluding hydrogens is 346 g/mol. The van der Waals surface area contributed by atoms with Gasteiger partial charge in [0.25, 0.3) is 0 Å². The van der Waals surface area contributed by atoms with Crippen molar-refractivity contribution in [2.45, 2.75) is 63.1 Å². The van der Waals surface area contributed by atoms with Gasteiger partial charge in [0, 0.05) is 25.0 Å². The van der Waals surface area contributed by atoms with E-state index in [-0.39, 0.29) is 35.3 Å². The number of carbonyl (C=O) groups excluding carboxylic acids is 1. The number of amides is 1. The number of ether oxygens (including phenoxy) is 1. The average molecular weight is 371 g/mol. The summed E-state index contributed by atoms with van der Waals surface area (Å²) in [5, 5.41) is 5.94. The number of piperidine rings is 1. The Bertz CT molecular complexity index is 722. The molecule has 2 N–H and O–H groups in total. The number of fused-ring (bicyclic) bond motifs is 1. The largest absolute Gasteiger partial charge is 0.477 e. The van der Waals surface area contributed by atoms with Crippen LogP contribution in [0.3, 0.4) is 0 Å². The molecule has 0 radical (unpaired) electrons. The van der Waals surface area contributed by atoms with Crippen molar-refractivity contribution in [3.8, 4) is 5.88 Å². The highest BCUT2D eigenvalue weighted by Gasteiger charge is 2.29. The van der Waals surface area contributed by atoms with Gasteiger partial charge in [0.2, 0.25) is 21.8 Å². The summed E-state index contributed by atoms with van der Waals surface area (Å²) in [6.45, 7) is 4.85. The Morgan fingerprint density at radius 1 is 1.32 bits per heavy atom. The summed E-state index contributed by atoms with van der Waals surface area (Å²) in [4.78, 5) is 12.1. The summed E-state index contributed by atoms with van der Waals surface area (Å²) < 4.78 is 34.2. The second-order valence-electron chi connectivity index (χ2n) is 6.63. The number of rotatable bonds is 5. The van der Waals surface area contributed by atoms with Crippen LogP contribution in [0.1, 0.15) is 39.5 Å². The molecule has 140 valence electrons. The molecule has 3 rings (SSSR count). The highest BCUT2D eigenvalue weighted by atomic mass is 32.2. The van der Waals surface area contributed by atoms with Crippen LogP contribution in [-0.4, -0.2) is 54.3 Å². The number of hydrogen-bond donors (Lipinski definition) is 2. The monoisotopic (exact) mass is 371 g/mol. The van der Waals surface area contributed by atoms with Crippen molar-refractivity contribution in [3.63, 3.8) is 0 Å². The van der Waals surface area contributed by atoms with Crippen LogP contribution in [0.15, 0.2) is 11.1 Å². The highest BCUT2D eigenvalue weighted by Crippen LogP contribution is 2.26. The summed E-state index contributed by atoms with van der Waals surface area (Å²) >= 11 is 0. The number of aryl methyl sites for hydroxylation is 1. The first-order valence-corrected chi connectivity index (χ1v) is 10.1. The minimum Gasteiger partial charge on any atom is -0.477 e. The van der Waals surface area contributed by atoms with Gasteiger partial charge in [-0.15, -0.1) is 0 Å². The minimum atomic E-state index is -3.86. The van der Waals surface area contributed by atoms with Crippen LogP contribution in [0.4, 0.5) is 0 Å². The van der Waals surface area contributed by atoms with Crippen LogP contribution >= 0.6 is 0 Å². The van der Waals surface area contributed by atoms with Crippen molar-refractivity contribution in [1.29, 1.82) is 0 Å². The molecule has 0 bridgehead atoms. The van der Waals surface area contributed by atoms with E-state index in [1.807, 2.05) is 5.01 Å². The normalized spacial score (nSPS) is 24.4. The first-order valence-electron chi connectivity index (χ1n) is 8.64. The van der Waals surface area contributed by atoms with E-state index in [1.54, 1.807) is 0 Å². The Hall–Kier alpha value is -1.65. The molecule has 1 aromatic heterocycles. The second kappa shape index (κ2) is 7.30. The Labute approximate surface area is 147 Å². The topological polar surface area (TPSA) is 106 Å². The molecule has 10 heteroatoms. The van der Waals surface area contributed by atoms with Crippen molar-refractivity contribution in [3.05, 3.63) is 6.20 Å². The molecule has 0 aromatic carbocycles. The number of hydrazine groups is 1. The molecule has 0 aliphatic carbocycles. The van der Waals surface area contributed by atoms with Crippen LogP contribution in [0.2, 0.25) is 0 Å². The summed E-state index contributed by atoms with van der Waals surface area (Å²) in [5.41, 5.74) is 2.81. The molecule has 1 fully saturated rings. The lowest BCUT2D eigenvalue weighted by molar-refractivity contribution is -0.128. The Balaban J connectivity index is 1.60. The van der Waals surface area contributed by atoms with Gasteiger partial charge in [-0.05, 0) is 26.7 Å². The van der Waals surface area contributed by atoms with Gasteiger partial charge >= 0.3 is 0 Å². The standard InChI is InChI=1S/C15H25N5O4S/c1-11-5-3-6-12(2)20(11)18-14(21)10-17-25(22,23)13-9-16-19-7-4-8-24-15(13)19/h9,11-12,17H,3-8,10H2,1-2H3,(H,18,21). The van der Waals surface area contributed by atoms with Gasteiger partial charge in [-0.3, -0.25) is 10.2 Å². The molecule has 0 spiro atoms. The number of sulfonamides is 1.